The van der Waals surface area contributed by atoms with E-state index in [0.29, 0.717) is 16.6 Å². The molecule has 1 heterocycles. The van der Waals surface area contributed by atoms with Crippen molar-refractivity contribution in [1.29, 1.82) is 0 Å². The molecule has 0 amide bonds. The Bertz CT molecular complexity index is 667. The van der Waals surface area contributed by atoms with E-state index < -0.39 is 8.24 Å². The molecule has 0 aliphatic rings. The lowest BCUT2D eigenvalue weighted by Crippen LogP contribution is -2.51. The number of non-ortho nitro benzene ring substituents is 1. The van der Waals surface area contributed by atoms with Gasteiger partial charge in [-0.25, -0.2) is 0 Å². The minimum Gasteiger partial charge on any atom is -0.373 e. The fraction of sp³-hybridized carbons (Fsp3) is 0.529. The van der Waals surface area contributed by atoms with Crippen LogP contribution in [0.5, 0.6) is 0 Å². The lowest BCUT2D eigenvalue weighted by Gasteiger charge is -2.44. The molecule has 5 heteroatoms. The highest BCUT2D eigenvalue weighted by Gasteiger charge is 2.45. The summed E-state index contributed by atoms with van der Waals surface area (Å²) in [5, 5.41) is 12.2. The summed E-state index contributed by atoms with van der Waals surface area (Å²) in [5.74, 6) is 0. The first-order chi connectivity index (χ1) is 10.2. The molecule has 0 spiro atoms. The highest BCUT2D eigenvalue weighted by Crippen LogP contribution is 2.44. The number of benzene rings is 1. The quantitative estimate of drug-likeness (QED) is 0.411. The van der Waals surface area contributed by atoms with Crippen LogP contribution in [0.3, 0.4) is 0 Å². The molecule has 0 N–H and O–H groups in total. The topological polar surface area (TPSA) is 48.1 Å². The van der Waals surface area contributed by atoms with E-state index in [1.165, 1.54) is 0 Å². The van der Waals surface area contributed by atoms with Gasteiger partial charge in [0.2, 0.25) is 0 Å². The van der Waals surface area contributed by atoms with Crippen LogP contribution < -0.4 is 0 Å². The van der Waals surface area contributed by atoms with E-state index in [4.69, 9.17) is 0 Å². The number of aromatic nitrogens is 1. The number of hydrogen-bond acceptors (Lipinski definition) is 2. The highest BCUT2D eigenvalue weighted by molar-refractivity contribution is 6.82. The SMILES string of the molecule is CC(C)[Si](C(C)C)(C(C)C)n1ccc2ccc([N+](=O)[O-])cc21. The third kappa shape index (κ3) is 2.37. The van der Waals surface area contributed by atoms with E-state index in [-0.39, 0.29) is 10.6 Å². The molecule has 0 aliphatic carbocycles. The summed E-state index contributed by atoms with van der Waals surface area (Å²) in [6.45, 7) is 13.8. The van der Waals surface area contributed by atoms with Crippen molar-refractivity contribution in [2.45, 2.75) is 58.2 Å². The summed E-state index contributed by atoms with van der Waals surface area (Å²) in [4.78, 5) is 10.8. The average molecular weight is 318 g/mol. The first kappa shape index (κ1) is 16.7. The van der Waals surface area contributed by atoms with E-state index >= 15 is 0 Å². The Morgan fingerprint density at radius 2 is 1.55 bits per heavy atom. The average Bonchev–Trinajstić information content (AvgIpc) is 2.81. The molecule has 0 atom stereocenters. The summed E-state index contributed by atoms with van der Waals surface area (Å²) in [6.07, 6.45) is 2.15. The summed E-state index contributed by atoms with van der Waals surface area (Å²) >= 11 is 0. The van der Waals surface area contributed by atoms with Crippen molar-refractivity contribution < 1.29 is 4.92 Å². The molecule has 0 bridgehead atoms. The zero-order valence-corrected chi connectivity index (χ0v) is 15.3. The summed E-state index contributed by atoms with van der Waals surface area (Å²) < 4.78 is 2.41. The molecule has 4 nitrogen and oxygen atoms in total. The number of hydrogen-bond donors (Lipinski definition) is 0. The highest BCUT2D eigenvalue weighted by atomic mass is 28.3. The van der Waals surface area contributed by atoms with Crippen molar-refractivity contribution in [2.75, 3.05) is 0 Å². The van der Waals surface area contributed by atoms with Crippen LogP contribution in [0.1, 0.15) is 41.5 Å². The number of nitro groups is 1. The summed E-state index contributed by atoms with van der Waals surface area (Å²) in [6, 6.07) is 7.29. The van der Waals surface area contributed by atoms with E-state index in [1.807, 2.05) is 6.07 Å². The van der Waals surface area contributed by atoms with Gasteiger partial charge >= 0.3 is 0 Å². The van der Waals surface area contributed by atoms with E-state index in [1.54, 1.807) is 12.1 Å². The van der Waals surface area contributed by atoms with Gasteiger partial charge in [0.25, 0.3) is 5.69 Å². The molecule has 2 rings (SSSR count). The molecule has 0 aliphatic heterocycles. The predicted molar refractivity (Wildman–Crippen MR) is 95.0 cm³/mol. The number of nitro benzene ring substituents is 1. The van der Waals surface area contributed by atoms with Crippen LogP contribution in [-0.2, 0) is 0 Å². The second-order valence-corrected chi connectivity index (χ2v) is 12.8. The maximum Gasteiger partial charge on any atom is 0.271 e. The molecule has 0 saturated heterocycles. The lowest BCUT2D eigenvalue weighted by molar-refractivity contribution is -0.384. The third-order valence-corrected chi connectivity index (χ3v) is 11.9. The van der Waals surface area contributed by atoms with Gasteiger partial charge in [-0.2, -0.15) is 0 Å². The van der Waals surface area contributed by atoms with E-state index in [2.05, 4.69) is 58.0 Å². The molecule has 0 fully saturated rings. The van der Waals surface area contributed by atoms with Crippen LogP contribution in [0.25, 0.3) is 10.9 Å². The maximum absolute atomic E-state index is 11.1. The molecule has 0 unspecified atom stereocenters. The normalized spacial score (nSPS) is 12.8. The van der Waals surface area contributed by atoms with Crippen LogP contribution in [0.15, 0.2) is 30.5 Å². The standard InChI is InChI=1S/C17H26N2O2Si/c1-12(2)22(13(3)4,14(5)6)18-10-9-15-7-8-16(19(20)21)11-17(15)18/h7-14H,1-6H3. The fourth-order valence-corrected chi connectivity index (χ4v) is 11.0. The lowest BCUT2D eigenvalue weighted by atomic mass is 10.2. The first-order valence-corrected chi connectivity index (χ1v) is 10.2. The van der Waals surface area contributed by atoms with Gasteiger partial charge in [-0.1, -0.05) is 41.5 Å². The zero-order valence-electron chi connectivity index (χ0n) is 14.3. The van der Waals surface area contributed by atoms with Gasteiger partial charge in [-0.15, -0.1) is 0 Å². The molecule has 1 aromatic carbocycles. The molecule has 2 aromatic rings. The first-order valence-electron chi connectivity index (χ1n) is 7.98. The van der Waals surface area contributed by atoms with Crippen molar-refractivity contribution in [1.82, 2.24) is 4.23 Å². The van der Waals surface area contributed by atoms with Crippen molar-refractivity contribution in [3.63, 3.8) is 0 Å². The van der Waals surface area contributed by atoms with Crippen molar-refractivity contribution in [2.24, 2.45) is 0 Å². The second kappa shape index (κ2) is 5.87. The Morgan fingerprint density at radius 1 is 1.00 bits per heavy atom. The summed E-state index contributed by atoms with van der Waals surface area (Å²) in [5.41, 5.74) is 2.86. The monoisotopic (exact) mass is 318 g/mol. The van der Waals surface area contributed by atoms with Gasteiger partial charge in [0.05, 0.1) is 4.92 Å². The van der Waals surface area contributed by atoms with Gasteiger partial charge in [0.1, 0.15) is 0 Å². The van der Waals surface area contributed by atoms with Crippen LogP contribution in [0.4, 0.5) is 5.69 Å². The zero-order chi connectivity index (χ0) is 16.7. The number of fused-ring (bicyclic) bond motifs is 1. The van der Waals surface area contributed by atoms with Gasteiger partial charge in [0.15, 0.2) is 8.24 Å². The van der Waals surface area contributed by atoms with Crippen LogP contribution in [0.2, 0.25) is 16.6 Å². The van der Waals surface area contributed by atoms with Crippen LogP contribution >= 0.6 is 0 Å². The van der Waals surface area contributed by atoms with Gasteiger partial charge in [0, 0.05) is 17.6 Å². The number of nitrogens with zero attached hydrogens (tertiary/aromatic N) is 2. The van der Waals surface area contributed by atoms with Crippen molar-refractivity contribution in [3.05, 3.63) is 40.6 Å². The molecule has 120 valence electrons. The maximum atomic E-state index is 11.1. The van der Waals surface area contributed by atoms with Crippen molar-refractivity contribution in [3.8, 4) is 0 Å². The van der Waals surface area contributed by atoms with Gasteiger partial charge in [-0.05, 0) is 40.3 Å². The Labute approximate surface area is 133 Å². The predicted octanol–water partition coefficient (Wildman–Crippen LogP) is 5.57. The smallest absolute Gasteiger partial charge is 0.271 e. The molecule has 0 saturated carbocycles. The van der Waals surface area contributed by atoms with Crippen LogP contribution in [0, 0.1) is 10.1 Å². The fourth-order valence-electron chi connectivity index (χ4n) is 4.40. The Balaban J connectivity index is 2.79. The minimum atomic E-state index is -1.88. The third-order valence-electron chi connectivity index (χ3n) is 5.08. The van der Waals surface area contributed by atoms with Gasteiger partial charge < -0.3 is 4.23 Å². The van der Waals surface area contributed by atoms with Crippen molar-refractivity contribution >= 4 is 24.8 Å². The molecule has 0 radical (unpaired) electrons. The Hall–Kier alpha value is -1.62. The largest absolute Gasteiger partial charge is 0.373 e. The molecular formula is C17H26N2O2Si. The molecule has 1 aromatic heterocycles. The minimum absolute atomic E-state index is 0.173. The number of rotatable bonds is 5. The van der Waals surface area contributed by atoms with Crippen LogP contribution in [-0.4, -0.2) is 17.4 Å². The second-order valence-electron chi connectivity index (χ2n) is 7.04. The Kier molecular flexibility index (Phi) is 4.47. The van der Waals surface area contributed by atoms with Gasteiger partial charge in [-0.3, -0.25) is 10.1 Å². The van der Waals surface area contributed by atoms with E-state index in [0.717, 1.165) is 10.9 Å². The Morgan fingerprint density at radius 3 is 2.00 bits per heavy atom. The molecule has 22 heavy (non-hydrogen) atoms. The summed E-state index contributed by atoms with van der Waals surface area (Å²) in [7, 11) is -1.88. The van der Waals surface area contributed by atoms with E-state index in [9.17, 15) is 10.1 Å². The molecular weight excluding hydrogens is 292 g/mol.